The van der Waals surface area contributed by atoms with Crippen molar-refractivity contribution in [2.24, 2.45) is 11.7 Å². The lowest BCUT2D eigenvalue weighted by atomic mass is 9.78. The summed E-state index contributed by atoms with van der Waals surface area (Å²) in [5.41, 5.74) is 6.60. The number of rotatable bonds is 3. The maximum Gasteiger partial charge on any atom is 0.0361 e. The lowest BCUT2D eigenvalue weighted by molar-refractivity contribution is -0.0205. The third kappa shape index (κ3) is 2.42. The smallest absolute Gasteiger partial charge is 0.0361 e. The lowest BCUT2D eigenvalue weighted by Crippen LogP contribution is -2.63. The monoisotopic (exact) mass is 279 g/mol. The fourth-order valence-corrected chi connectivity index (χ4v) is 5.28. The van der Waals surface area contributed by atoms with Crippen molar-refractivity contribution >= 4 is 0 Å². The number of hydrogen-bond donors (Lipinski definition) is 1. The normalized spacial score (nSPS) is 46.0. The Morgan fingerprint density at radius 3 is 2.35 bits per heavy atom. The van der Waals surface area contributed by atoms with E-state index in [4.69, 9.17) is 5.73 Å². The van der Waals surface area contributed by atoms with Gasteiger partial charge in [-0.3, -0.25) is 4.90 Å². The summed E-state index contributed by atoms with van der Waals surface area (Å²) in [7, 11) is 4.70. The molecule has 2 heterocycles. The van der Waals surface area contributed by atoms with Crippen molar-refractivity contribution < 1.29 is 0 Å². The highest BCUT2D eigenvalue weighted by Gasteiger charge is 2.49. The van der Waals surface area contributed by atoms with Crippen LogP contribution in [0, 0.1) is 5.92 Å². The number of nitrogens with zero attached hydrogens (tertiary/aromatic N) is 2. The quantitative estimate of drug-likeness (QED) is 0.861. The van der Waals surface area contributed by atoms with Gasteiger partial charge in [0, 0.05) is 30.2 Å². The number of fused-ring (bicyclic) bond motifs is 2. The Kier molecular flexibility index (Phi) is 4.13. The van der Waals surface area contributed by atoms with E-state index in [-0.39, 0.29) is 5.54 Å². The van der Waals surface area contributed by atoms with Crippen LogP contribution in [0.2, 0.25) is 0 Å². The molecule has 0 aromatic rings. The summed E-state index contributed by atoms with van der Waals surface area (Å²) in [5, 5.41) is 0. The van der Waals surface area contributed by atoms with Crippen molar-refractivity contribution in [1.29, 1.82) is 0 Å². The maximum absolute atomic E-state index is 6.32. The van der Waals surface area contributed by atoms with Gasteiger partial charge in [0.15, 0.2) is 0 Å². The SMILES string of the molecule is CC1CCCC(N(C)C2(CN)CC3CCC(C2)N3C)C1. The van der Waals surface area contributed by atoms with Crippen LogP contribution in [0.4, 0.5) is 0 Å². The van der Waals surface area contributed by atoms with Gasteiger partial charge in [-0.15, -0.1) is 0 Å². The first-order valence-corrected chi connectivity index (χ1v) is 8.70. The third-order valence-corrected chi connectivity index (χ3v) is 6.80. The summed E-state index contributed by atoms with van der Waals surface area (Å²) < 4.78 is 0. The highest BCUT2D eigenvalue weighted by molar-refractivity contribution is 5.07. The fourth-order valence-electron chi connectivity index (χ4n) is 5.28. The molecule has 20 heavy (non-hydrogen) atoms. The molecule has 3 fully saturated rings. The zero-order valence-corrected chi connectivity index (χ0v) is 13.6. The largest absolute Gasteiger partial charge is 0.329 e. The summed E-state index contributed by atoms with van der Waals surface area (Å²) in [6.45, 7) is 3.27. The predicted molar refractivity (Wildman–Crippen MR) is 84.8 cm³/mol. The zero-order chi connectivity index (χ0) is 14.3. The van der Waals surface area contributed by atoms with Crippen molar-refractivity contribution in [3.8, 4) is 0 Å². The Balaban J connectivity index is 1.75. The number of piperidine rings is 1. The van der Waals surface area contributed by atoms with E-state index in [0.717, 1.165) is 30.6 Å². The Bertz CT molecular complexity index is 329. The van der Waals surface area contributed by atoms with E-state index in [1.807, 2.05) is 0 Å². The van der Waals surface area contributed by atoms with Crippen LogP contribution in [0.3, 0.4) is 0 Å². The minimum atomic E-state index is 0.278. The molecule has 1 saturated carbocycles. The van der Waals surface area contributed by atoms with Gasteiger partial charge in [0.1, 0.15) is 0 Å². The van der Waals surface area contributed by atoms with Gasteiger partial charge >= 0.3 is 0 Å². The van der Waals surface area contributed by atoms with Crippen molar-refractivity contribution in [3.05, 3.63) is 0 Å². The summed E-state index contributed by atoms with van der Waals surface area (Å²) in [6.07, 6.45) is 10.9. The molecule has 1 aliphatic carbocycles. The molecular formula is C17H33N3. The molecule has 2 N–H and O–H groups in total. The molecule has 4 atom stereocenters. The average molecular weight is 279 g/mol. The van der Waals surface area contributed by atoms with Gasteiger partial charge < -0.3 is 10.6 Å². The number of likely N-dealkylation sites (N-methyl/N-ethyl adjacent to an activating group) is 1. The van der Waals surface area contributed by atoms with Crippen LogP contribution in [0.25, 0.3) is 0 Å². The van der Waals surface area contributed by atoms with Gasteiger partial charge in [0.25, 0.3) is 0 Å². The summed E-state index contributed by atoms with van der Waals surface area (Å²) in [6, 6.07) is 2.33. The van der Waals surface area contributed by atoms with E-state index < -0.39 is 0 Å². The van der Waals surface area contributed by atoms with Gasteiger partial charge in [-0.05, 0) is 58.5 Å². The molecule has 2 aliphatic heterocycles. The van der Waals surface area contributed by atoms with E-state index in [9.17, 15) is 0 Å². The second kappa shape index (κ2) is 5.58. The van der Waals surface area contributed by atoms with Gasteiger partial charge in [0.05, 0.1) is 0 Å². The second-order valence-corrected chi connectivity index (χ2v) is 7.92. The first-order valence-electron chi connectivity index (χ1n) is 8.70. The molecule has 0 aromatic heterocycles. The van der Waals surface area contributed by atoms with Crippen molar-refractivity contribution in [3.63, 3.8) is 0 Å². The molecule has 116 valence electrons. The first-order chi connectivity index (χ1) is 9.55. The van der Waals surface area contributed by atoms with Crippen LogP contribution in [0.1, 0.15) is 58.3 Å². The fraction of sp³-hybridized carbons (Fsp3) is 1.00. The van der Waals surface area contributed by atoms with Crippen LogP contribution >= 0.6 is 0 Å². The van der Waals surface area contributed by atoms with E-state index in [1.54, 1.807) is 0 Å². The topological polar surface area (TPSA) is 32.5 Å². The molecule has 4 unspecified atom stereocenters. The van der Waals surface area contributed by atoms with Crippen molar-refractivity contribution in [2.45, 2.75) is 82.0 Å². The minimum Gasteiger partial charge on any atom is -0.329 e. The van der Waals surface area contributed by atoms with Crippen molar-refractivity contribution in [1.82, 2.24) is 9.80 Å². The molecule has 0 spiro atoms. The Morgan fingerprint density at radius 2 is 1.80 bits per heavy atom. The van der Waals surface area contributed by atoms with Crippen LogP contribution in [0.15, 0.2) is 0 Å². The van der Waals surface area contributed by atoms with Gasteiger partial charge in [-0.2, -0.15) is 0 Å². The lowest BCUT2D eigenvalue weighted by Gasteiger charge is -2.53. The first kappa shape index (κ1) is 14.8. The summed E-state index contributed by atoms with van der Waals surface area (Å²) in [4.78, 5) is 5.35. The van der Waals surface area contributed by atoms with E-state index in [1.165, 1.54) is 51.4 Å². The second-order valence-electron chi connectivity index (χ2n) is 7.92. The molecule has 0 radical (unpaired) electrons. The van der Waals surface area contributed by atoms with Crippen LogP contribution in [-0.4, -0.2) is 54.1 Å². The van der Waals surface area contributed by atoms with E-state index in [0.29, 0.717) is 0 Å². The van der Waals surface area contributed by atoms with Gasteiger partial charge in [0.2, 0.25) is 0 Å². The Morgan fingerprint density at radius 1 is 1.15 bits per heavy atom. The van der Waals surface area contributed by atoms with Gasteiger partial charge in [-0.25, -0.2) is 0 Å². The predicted octanol–water partition coefficient (Wildman–Crippen LogP) is 2.45. The zero-order valence-electron chi connectivity index (χ0n) is 13.6. The Hall–Kier alpha value is -0.120. The number of nitrogens with two attached hydrogens (primary N) is 1. The molecule has 3 heteroatoms. The summed E-state index contributed by atoms with van der Waals surface area (Å²) >= 11 is 0. The summed E-state index contributed by atoms with van der Waals surface area (Å²) in [5.74, 6) is 0.897. The molecule has 3 nitrogen and oxygen atoms in total. The molecule has 2 bridgehead atoms. The van der Waals surface area contributed by atoms with Crippen LogP contribution in [0.5, 0.6) is 0 Å². The minimum absolute atomic E-state index is 0.278. The van der Waals surface area contributed by atoms with Gasteiger partial charge in [-0.1, -0.05) is 19.8 Å². The van der Waals surface area contributed by atoms with Crippen LogP contribution in [-0.2, 0) is 0 Å². The third-order valence-electron chi connectivity index (χ3n) is 6.80. The van der Waals surface area contributed by atoms with Crippen molar-refractivity contribution in [2.75, 3.05) is 20.6 Å². The standard InChI is InChI=1S/C17H33N3/c1-13-5-4-6-14(9-13)20(3)17(12-18)10-15-7-8-16(11-17)19(15)2/h13-16H,4-12,18H2,1-3H3. The molecule has 3 aliphatic rings. The maximum atomic E-state index is 6.32. The highest BCUT2D eigenvalue weighted by Crippen LogP contribution is 2.44. The van der Waals surface area contributed by atoms with E-state index in [2.05, 4.69) is 30.8 Å². The molecule has 3 rings (SSSR count). The molecule has 0 aromatic carbocycles. The molecule has 0 amide bonds. The number of hydrogen-bond acceptors (Lipinski definition) is 3. The average Bonchev–Trinajstić information content (AvgIpc) is 2.68. The van der Waals surface area contributed by atoms with Crippen LogP contribution < -0.4 is 5.73 Å². The van der Waals surface area contributed by atoms with E-state index >= 15 is 0 Å². The molecular weight excluding hydrogens is 246 g/mol. The molecule has 2 saturated heterocycles. The Labute approximate surface area is 124 Å². The highest BCUT2D eigenvalue weighted by atomic mass is 15.3.